The molecule has 0 fully saturated rings. The van der Waals surface area contributed by atoms with Gasteiger partial charge < -0.3 is 9.47 Å². The fourth-order valence-corrected chi connectivity index (χ4v) is 3.20. The number of hydrogen-bond acceptors (Lipinski definition) is 6. The van der Waals surface area contributed by atoms with Gasteiger partial charge >= 0.3 is 0 Å². The van der Waals surface area contributed by atoms with Gasteiger partial charge in [0.05, 0.1) is 17.7 Å². The minimum Gasteiger partial charge on any atom is -0.490 e. The summed E-state index contributed by atoms with van der Waals surface area (Å²) in [5, 5.41) is 15.5. The predicted octanol–water partition coefficient (Wildman–Crippen LogP) is 5.64. The summed E-state index contributed by atoms with van der Waals surface area (Å²) < 4.78 is 11.5. The Balaban J connectivity index is 1.68. The molecule has 170 valence electrons. The standard InChI is InChI=1S/C23H19Cl2N3O5/c1-2-32-22-11-15(6-9-21(22)33-14-16-4-3-5-18(24)10-16)13-26-27-23(29)17-7-8-19(25)20(12-17)28(30)31/h3-13H,2,14H2,1H3,(H,27,29)/b26-13-. The zero-order valence-corrected chi connectivity index (χ0v) is 19.0. The SMILES string of the molecule is CCOc1cc(/C=N\NC(=O)c2ccc(Cl)c([N+](=O)[O-])c2)ccc1OCc1cccc(Cl)c1. The van der Waals surface area contributed by atoms with Crippen LogP contribution in [0, 0.1) is 10.1 Å². The normalized spacial score (nSPS) is 10.8. The van der Waals surface area contributed by atoms with Crippen LogP contribution in [-0.4, -0.2) is 23.7 Å². The Kier molecular flexibility index (Phi) is 8.23. The summed E-state index contributed by atoms with van der Waals surface area (Å²) in [6.45, 7) is 2.60. The number of nitrogens with zero attached hydrogens (tertiary/aromatic N) is 2. The third kappa shape index (κ3) is 6.68. The van der Waals surface area contributed by atoms with E-state index < -0.39 is 10.8 Å². The molecule has 0 aromatic heterocycles. The fourth-order valence-electron chi connectivity index (χ4n) is 2.80. The monoisotopic (exact) mass is 487 g/mol. The average Bonchev–Trinajstić information content (AvgIpc) is 2.79. The van der Waals surface area contributed by atoms with Crippen LogP contribution in [0.15, 0.2) is 65.8 Å². The molecule has 0 radical (unpaired) electrons. The lowest BCUT2D eigenvalue weighted by atomic mass is 10.2. The highest BCUT2D eigenvalue weighted by Gasteiger charge is 2.16. The lowest BCUT2D eigenvalue weighted by molar-refractivity contribution is -0.384. The van der Waals surface area contributed by atoms with Gasteiger partial charge in [0.1, 0.15) is 11.6 Å². The largest absolute Gasteiger partial charge is 0.490 e. The molecule has 0 aliphatic carbocycles. The second-order valence-electron chi connectivity index (χ2n) is 6.68. The second-order valence-corrected chi connectivity index (χ2v) is 7.52. The molecule has 0 bridgehead atoms. The van der Waals surface area contributed by atoms with E-state index >= 15 is 0 Å². The van der Waals surface area contributed by atoms with Crippen LogP contribution in [-0.2, 0) is 6.61 Å². The molecule has 3 rings (SSSR count). The van der Waals surface area contributed by atoms with Gasteiger partial charge in [-0.3, -0.25) is 14.9 Å². The molecule has 0 aliphatic rings. The van der Waals surface area contributed by atoms with E-state index in [2.05, 4.69) is 10.5 Å². The molecule has 0 aliphatic heterocycles. The molecule has 33 heavy (non-hydrogen) atoms. The molecule has 8 nitrogen and oxygen atoms in total. The summed E-state index contributed by atoms with van der Waals surface area (Å²) in [5.41, 5.74) is 3.60. The molecule has 0 spiro atoms. The Hall–Kier alpha value is -3.62. The molecule has 1 amide bonds. The van der Waals surface area contributed by atoms with Crippen LogP contribution in [0.1, 0.15) is 28.4 Å². The van der Waals surface area contributed by atoms with E-state index in [0.717, 1.165) is 11.6 Å². The number of ether oxygens (including phenoxy) is 2. The van der Waals surface area contributed by atoms with Crippen LogP contribution >= 0.6 is 23.2 Å². The van der Waals surface area contributed by atoms with Gasteiger partial charge in [0.15, 0.2) is 11.5 Å². The highest BCUT2D eigenvalue weighted by molar-refractivity contribution is 6.32. The lowest BCUT2D eigenvalue weighted by Crippen LogP contribution is -2.17. The first-order valence-electron chi connectivity index (χ1n) is 9.79. The number of nitro groups is 1. The molecule has 0 saturated carbocycles. The molecule has 0 heterocycles. The van der Waals surface area contributed by atoms with Crippen molar-refractivity contribution in [2.24, 2.45) is 5.10 Å². The van der Waals surface area contributed by atoms with E-state index in [0.29, 0.717) is 35.3 Å². The number of amides is 1. The van der Waals surface area contributed by atoms with Crippen LogP contribution in [0.25, 0.3) is 0 Å². The topological polar surface area (TPSA) is 103 Å². The van der Waals surface area contributed by atoms with E-state index in [1.165, 1.54) is 18.3 Å². The quantitative estimate of drug-likeness (QED) is 0.239. The predicted molar refractivity (Wildman–Crippen MR) is 127 cm³/mol. The maximum Gasteiger partial charge on any atom is 0.288 e. The van der Waals surface area contributed by atoms with Gasteiger partial charge in [-0.15, -0.1) is 0 Å². The first-order chi connectivity index (χ1) is 15.9. The van der Waals surface area contributed by atoms with E-state index in [4.69, 9.17) is 32.7 Å². The van der Waals surface area contributed by atoms with Gasteiger partial charge in [-0.25, -0.2) is 5.43 Å². The van der Waals surface area contributed by atoms with Crippen LogP contribution in [0.4, 0.5) is 5.69 Å². The molecule has 0 unspecified atom stereocenters. The van der Waals surface area contributed by atoms with Gasteiger partial charge in [-0.05, 0) is 60.5 Å². The average molecular weight is 488 g/mol. The van der Waals surface area contributed by atoms with Crippen molar-refractivity contribution in [1.82, 2.24) is 5.43 Å². The van der Waals surface area contributed by atoms with Gasteiger partial charge in [0, 0.05) is 16.7 Å². The minimum absolute atomic E-state index is 0.0545. The van der Waals surface area contributed by atoms with E-state index in [-0.39, 0.29) is 16.3 Å². The van der Waals surface area contributed by atoms with Gasteiger partial charge in [0.2, 0.25) is 0 Å². The molecular formula is C23H19Cl2N3O5. The summed E-state index contributed by atoms with van der Waals surface area (Å²) in [4.78, 5) is 22.6. The Labute approximate surface area is 199 Å². The maximum atomic E-state index is 12.2. The Morgan fingerprint density at radius 1 is 1.09 bits per heavy atom. The minimum atomic E-state index is -0.659. The second kappa shape index (κ2) is 11.3. The van der Waals surface area contributed by atoms with Gasteiger partial charge in [-0.1, -0.05) is 35.3 Å². The van der Waals surface area contributed by atoms with Crippen molar-refractivity contribution in [2.45, 2.75) is 13.5 Å². The summed E-state index contributed by atoms with van der Waals surface area (Å²) >= 11 is 11.8. The summed E-state index contributed by atoms with van der Waals surface area (Å²) in [7, 11) is 0. The van der Waals surface area contributed by atoms with Crippen molar-refractivity contribution < 1.29 is 19.2 Å². The molecule has 0 atom stereocenters. The lowest BCUT2D eigenvalue weighted by Gasteiger charge is -2.12. The zero-order chi connectivity index (χ0) is 23.8. The van der Waals surface area contributed by atoms with Crippen molar-refractivity contribution in [3.8, 4) is 11.5 Å². The molecular weight excluding hydrogens is 469 g/mol. The van der Waals surface area contributed by atoms with Gasteiger partial charge in [-0.2, -0.15) is 5.10 Å². The van der Waals surface area contributed by atoms with Gasteiger partial charge in [0.25, 0.3) is 11.6 Å². The van der Waals surface area contributed by atoms with Crippen LogP contribution in [0.3, 0.4) is 0 Å². The Morgan fingerprint density at radius 2 is 1.91 bits per heavy atom. The van der Waals surface area contributed by atoms with Crippen molar-refractivity contribution in [2.75, 3.05) is 6.61 Å². The van der Waals surface area contributed by atoms with Crippen LogP contribution in [0.2, 0.25) is 10.0 Å². The molecule has 0 saturated heterocycles. The van der Waals surface area contributed by atoms with Crippen molar-refractivity contribution in [3.05, 3.63) is 97.5 Å². The summed E-state index contributed by atoms with van der Waals surface area (Å²) in [6.07, 6.45) is 1.42. The van der Waals surface area contributed by atoms with Crippen molar-refractivity contribution in [3.63, 3.8) is 0 Å². The fraction of sp³-hybridized carbons (Fsp3) is 0.130. The number of benzene rings is 3. The van der Waals surface area contributed by atoms with E-state index in [1.54, 1.807) is 24.3 Å². The molecule has 1 N–H and O–H groups in total. The van der Waals surface area contributed by atoms with Crippen molar-refractivity contribution in [1.29, 1.82) is 0 Å². The summed E-state index contributed by atoms with van der Waals surface area (Å²) in [5.74, 6) is 0.451. The number of rotatable bonds is 9. The third-order valence-corrected chi connectivity index (χ3v) is 4.89. The first kappa shape index (κ1) is 24.0. The number of carbonyl (C=O) groups is 1. The number of carbonyl (C=O) groups excluding carboxylic acids is 1. The zero-order valence-electron chi connectivity index (χ0n) is 17.5. The van der Waals surface area contributed by atoms with Crippen LogP contribution < -0.4 is 14.9 Å². The van der Waals surface area contributed by atoms with E-state index in [9.17, 15) is 14.9 Å². The first-order valence-corrected chi connectivity index (χ1v) is 10.5. The number of hydrazone groups is 1. The number of halogens is 2. The van der Waals surface area contributed by atoms with E-state index in [1.807, 2.05) is 25.1 Å². The highest BCUT2D eigenvalue weighted by Crippen LogP contribution is 2.29. The Bertz CT molecular complexity index is 1200. The number of nitro benzene ring substituents is 1. The Morgan fingerprint density at radius 3 is 2.64 bits per heavy atom. The summed E-state index contributed by atoms with van der Waals surface area (Å²) in [6, 6.07) is 16.3. The number of nitrogens with one attached hydrogen (secondary N) is 1. The molecule has 10 heteroatoms. The molecule has 3 aromatic carbocycles. The maximum absolute atomic E-state index is 12.2. The molecule has 3 aromatic rings. The van der Waals surface area contributed by atoms with Crippen LogP contribution in [0.5, 0.6) is 11.5 Å². The third-order valence-electron chi connectivity index (χ3n) is 4.34. The smallest absolute Gasteiger partial charge is 0.288 e. The highest BCUT2D eigenvalue weighted by atomic mass is 35.5. The van der Waals surface area contributed by atoms with Crippen molar-refractivity contribution >= 4 is 41.0 Å². The number of hydrogen-bond donors (Lipinski definition) is 1.